The first-order valence-corrected chi connectivity index (χ1v) is 10.6. The fraction of sp³-hybridized carbons (Fsp3) is 0.190. The Balaban J connectivity index is 1.75. The monoisotopic (exact) mass is 416 g/mol. The van der Waals surface area contributed by atoms with E-state index in [9.17, 15) is 13.2 Å². The van der Waals surface area contributed by atoms with Gasteiger partial charge >= 0.3 is 0 Å². The first kappa shape index (κ1) is 20.3. The molecule has 0 saturated carbocycles. The minimum Gasteiger partial charge on any atom is -0.352 e. The Kier molecular flexibility index (Phi) is 6.03. The minimum atomic E-state index is -3.64. The van der Waals surface area contributed by atoms with Gasteiger partial charge in [0.05, 0.1) is 15.5 Å². The highest BCUT2D eigenvalue weighted by Crippen LogP contribution is 2.22. The summed E-state index contributed by atoms with van der Waals surface area (Å²) in [6.07, 6.45) is 0.653. The van der Waals surface area contributed by atoms with Crippen LogP contribution in [0.5, 0.6) is 0 Å². The number of amides is 1. The average Bonchev–Trinajstić information content (AvgIpc) is 2.68. The van der Waals surface area contributed by atoms with Crippen LogP contribution < -0.4 is 5.32 Å². The van der Waals surface area contributed by atoms with Crippen molar-refractivity contribution in [2.24, 2.45) is 0 Å². The first-order valence-electron chi connectivity index (χ1n) is 8.77. The van der Waals surface area contributed by atoms with Crippen LogP contribution in [0.1, 0.15) is 15.9 Å². The Hall–Kier alpha value is -2.41. The van der Waals surface area contributed by atoms with Crippen molar-refractivity contribution < 1.29 is 13.2 Å². The van der Waals surface area contributed by atoms with Crippen molar-refractivity contribution in [3.63, 3.8) is 0 Å². The molecule has 0 heterocycles. The van der Waals surface area contributed by atoms with Crippen molar-refractivity contribution >= 4 is 38.3 Å². The SMILES string of the molecule is CN(C)S(=O)(=O)c1ccc(Cl)c(C(=O)NCCc2cccc3ccccc23)c1. The van der Waals surface area contributed by atoms with Gasteiger partial charge in [0.15, 0.2) is 0 Å². The minimum absolute atomic E-state index is 0.0288. The van der Waals surface area contributed by atoms with Crippen molar-refractivity contribution in [1.82, 2.24) is 9.62 Å². The maximum Gasteiger partial charge on any atom is 0.252 e. The number of nitrogens with one attached hydrogen (secondary N) is 1. The summed E-state index contributed by atoms with van der Waals surface area (Å²) in [6.45, 7) is 0.411. The van der Waals surface area contributed by atoms with E-state index in [1.165, 1.54) is 32.3 Å². The van der Waals surface area contributed by atoms with E-state index >= 15 is 0 Å². The number of halogens is 1. The standard InChI is InChI=1S/C21H21ClN2O3S/c1-24(2)28(26,27)17-10-11-20(22)19(14-17)21(25)23-13-12-16-8-5-7-15-6-3-4-9-18(15)16/h3-11,14H,12-13H2,1-2H3,(H,23,25). The lowest BCUT2D eigenvalue weighted by Crippen LogP contribution is -2.27. The predicted octanol–water partition coefficient (Wildman–Crippen LogP) is 3.72. The second kappa shape index (κ2) is 8.31. The van der Waals surface area contributed by atoms with Gasteiger partial charge in [-0.3, -0.25) is 4.79 Å². The summed E-state index contributed by atoms with van der Waals surface area (Å²) in [5.74, 6) is -0.402. The quantitative estimate of drug-likeness (QED) is 0.666. The highest BCUT2D eigenvalue weighted by Gasteiger charge is 2.20. The average molecular weight is 417 g/mol. The highest BCUT2D eigenvalue weighted by molar-refractivity contribution is 7.89. The molecule has 146 valence electrons. The molecule has 0 radical (unpaired) electrons. The third kappa shape index (κ3) is 4.19. The molecule has 0 aliphatic rings. The summed E-state index contributed by atoms with van der Waals surface area (Å²) in [5.41, 5.74) is 1.27. The van der Waals surface area contributed by atoms with Crippen LogP contribution in [0, 0.1) is 0 Å². The van der Waals surface area contributed by atoms with Crippen LogP contribution in [0.4, 0.5) is 0 Å². The largest absolute Gasteiger partial charge is 0.352 e. The van der Waals surface area contributed by atoms with Gasteiger partial charge in [0.1, 0.15) is 0 Å². The lowest BCUT2D eigenvalue weighted by molar-refractivity contribution is 0.0954. The second-order valence-corrected chi connectivity index (χ2v) is 9.13. The number of hydrogen-bond donors (Lipinski definition) is 1. The number of benzene rings is 3. The van der Waals surface area contributed by atoms with Crippen LogP contribution in [0.3, 0.4) is 0 Å². The van der Waals surface area contributed by atoms with E-state index in [0.717, 1.165) is 20.6 Å². The van der Waals surface area contributed by atoms with Gasteiger partial charge in [0, 0.05) is 20.6 Å². The first-order chi connectivity index (χ1) is 13.3. The molecule has 28 heavy (non-hydrogen) atoms. The van der Waals surface area contributed by atoms with E-state index in [0.29, 0.717) is 13.0 Å². The summed E-state index contributed by atoms with van der Waals surface area (Å²) < 4.78 is 25.7. The number of carbonyl (C=O) groups excluding carboxylic acids is 1. The molecule has 0 saturated heterocycles. The lowest BCUT2D eigenvalue weighted by Gasteiger charge is -2.13. The molecule has 3 rings (SSSR count). The highest BCUT2D eigenvalue weighted by atomic mass is 35.5. The van der Waals surface area contributed by atoms with E-state index in [1.807, 2.05) is 36.4 Å². The van der Waals surface area contributed by atoms with Crippen molar-refractivity contribution in [2.45, 2.75) is 11.3 Å². The van der Waals surface area contributed by atoms with Crippen LogP contribution in [0.15, 0.2) is 65.6 Å². The van der Waals surface area contributed by atoms with E-state index in [4.69, 9.17) is 11.6 Å². The molecule has 0 aliphatic heterocycles. The van der Waals surface area contributed by atoms with Gasteiger partial charge in [-0.2, -0.15) is 0 Å². The Bertz CT molecular complexity index is 1120. The molecular formula is C21H21ClN2O3S. The molecule has 7 heteroatoms. The van der Waals surface area contributed by atoms with Gasteiger partial charge in [-0.05, 0) is 41.0 Å². The zero-order valence-electron chi connectivity index (χ0n) is 15.6. The smallest absolute Gasteiger partial charge is 0.252 e. The van der Waals surface area contributed by atoms with E-state index in [-0.39, 0.29) is 15.5 Å². The Morgan fingerprint density at radius 2 is 1.75 bits per heavy atom. The van der Waals surface area contributed by atoms with Gasteiger partial charge in [-0.15, -0.1) is 0 Å². The molecule has 0 spiro atoms. The van der Waals surface area contributed by atoms with Gasteiger partial charge in [-0.25, -0.2) is 12.7 Å². The fourth-order valence-electron chi connectivity index (χ4n) is 2.97. The van der Waals surface area contributed by atoms with Gasteiger partial charge < -0.3 is 5.32 Å². The summed E-state index contributed by atoms with van der Waals surface area (Å²) in [6, 6.07) is 18.3. The van der Waals surface area contributed by atoms with Crippen LogP contribution in [-0.4, -0.2) is 39.3 Å². The lowest BCUT2D eigenvalue weighted by atomic mass is 10.0. The van der Waals surface area contributed by atoms with E-state index < -0.39 is 15.9 Å². The van der Waals surface area contributed by atoms with Crippen LogP contribution in [0.25, 0.3) is 10.8 Å². The molecule has 3 aromatic rings. The number of hydrogen-bond acceptors (Lipinski definition) is 3. The third-order valence-corrected chi connectivity index (χ3v) is 6.66. The number of carbonyl (C=O) groups is 1. The van der Waals surface area contributed by atoms with Crippen molar-refractivity contribution in [1.29, 1.82) is 0 Å². The number of nitrogens with zero attached hydrogens (tertiary/aromatic N) is 1. The summed E-state index contributed by atoms with van der Waals surface area (Å²) in [5, 5.41) is 5.34. The number of fused-ring (bicyclic) bond motifs is 1. The number of rotatable bonds is 6. The molecule has 0 aliphatic carbocycles. The molecule has 0 atom stereocenters. The normalized spacial score (nSPS) is 11.7. The summed E-state index contributed by atoms with van der Waals surface area (Å²) >= 11 is 6.13. The van der Waals surface area contributed by atoms with Gasteiger partial charge in [-0.1, -0.05) is 54.1 Å². The Morgan fingerprint density at radius 1 is 1.04 bits per heavy atom. The summed E-state index contributed by atoms with van der Waals surface area (Å²) in [7, 11) is -0.766. The Morgan fingerprint density at radius 3 is 2.50 bits per heavy atom. The molecular weight excluding hydrogens is 396 g/mol. The third-order valence-electron chi connectivity index (χ3n) is 4.52. The van der Waals surface area contributed by atoms with Crippen LogP contribution in [0.2, 0.25) is 5.02 Å². The Labute approximate surface area is 170 Å². The molecule has 5 nitrogen and oxygen atoms in total. The maximum atomic E-state index is 12.6. The van der Waals surface area contributed by atoms with Gasteiger partial charge in [0.25, 0.3) is 5.91 Å². The molecule has 0 fully saturated rings. The fourth-order valence-corrected chi connectivity index (χ4v) is 4.10. The van der Waals surface area contributed by atoms with Gasteiger partial charge in [0.2, 0.25) is 10.0 Å². The zero-order chi connectivity index (χ0) is 20.3. The van der Waals surface area contributed by atoms with Crippen molar-refractivity contribution in [3.8, 4) is 0 Å². The van der Waals surface area contributed by atoms with Crippen LogP contribution in [-0.2, 0) is 16.4 Å². The molecule has 0 aromatic heterocycles. The second-order valence-electron chi connectivity index (χ2n) is 6.57. The molecule has 0 bridgehead atoms. The molecule has 1 N–H and O–H groups in total. The zero-order valence-corrected chi connectivity index (χ0v) is 17.2. The van der Waals surface area contributed by atoms with Crippen molar-refractivity contribution in [2.75, 3.05) is 20.6 Å². The molecule has 1 amide bonds. The predicted molar refractivity (Wildman–Crippen MR) is 112 cm³/mol. The van der Waals surface area contributed by atoms with E-state index in [1.54, 1.807) is 0 Å². The van der Waals surface area contributed by atoms with Crippen molar-refractivity contribution in [3.05, 3.63) is 76.8 Å². The van der Waals surface area contributed by atoms with Crippen LogP contribution >= 0.6 is 11.6 Å². The molecule has 0 unspecified atom stereocenters. The topological polar surface area (TPSA) is 66.5 Å². The molecule has 3 aromatic carbocycles. The van der Waals surface area contributed by atoms with E-state index in [2.05, 4.69) is 11.4 Å². The summed E-state index contributed by atoms with van der Waals surface area (Å²) in [4.78, 5) is 12.6. The maximum absolute atomic E-state index is 12.6. The number of sulfonamides is 1.